The van der Waals surface area contributed by atoms with Gasteiger partial charge in [-0.25, -0.2) is 17.9 Å². The van der Waals surface area contributed by atoms with Gasteiger partial charge >= 0.3 is 5.97 Å². The van der Waals surface area contributed by atoms with E-state index in [1.807, 2.05) is 0 Å². The normalized spacial score (nSPS) is 20.2. The molecule has 1 aliphatic rings. The zero-order valence-corrected chi connectivity index (χ0v) is 16.4. The first-order chi connectivity index (χ1) is 12.1. The van der Waals surface area contributed by atoms with Crippen LogP contribution in [0.2, 0.25) is 5.15 Å². The molecule has 0 aliphatic carbocycles. The molecule has 0 saturated carbocycles. The summed E-state index contributed by atoms with van der Waals surface area (Å²) in [6, 6.07) is -0.307. The number of ether oxygens (including phenoxy) is 1. The van der Waals surface area contributed by atoms with Gasteiger partial charge in [-0.3, -0.25) is 4.79 Å². The standard InChI is InChI=1S/C16H22ClN3O5S/c1-4-18-16(22)11(3)25-14(21)6-5-13-10(2)19-20(15(13)17)12-7-8-26(23,24)9-12/h5-6,11-12H,4,7-9H2,1-3H3,(H,18,22)/b6-5+/t11-,12+/m0/s1. The summed E-state index contributed by atoms with van der Waals surface area (Å²) >= 11 is 6.32. The highest BCUT2D eigenvalue weighted by Gasteiger charge is 2.31. The number of nitrogens with zero attached hydrogens (tertiary/aromatic N) is 2. The Morgan fingerprint density at radius 2 is 2.19 bits per heavy atom. The smallest absolute Gasteiger partial charge is 0.331 e. The molecule has 10 heteroatoms. The number of halogens is 1. The number of esters is 1. The molecule has 0 unspecified atom stereocenters. The maximum Gasteiger partial charge on any atom is 0.331 e. The van der Waals surface area contributed by atoms with Crippen LogP contribution >= 0.6 is 11.6 Å². The maximum absolute atomic E-state index is 11.9. The quantitative estimate of drug-likeness (QED) is 0.566. The molecule has 0 bridgehead atoms. The van der Waals surface area contributed by atoms with Crippen LogP contribution in [0.5, 0.6) is 0 Å². The van der Waals surface area contributed by atoms with Gasteiger partial charge in [0.25, 0.3) is 5.91 Å². The molecular weight excluding hydrogens is 382 g/mol. The van der Waals surface area contributed by atoms with Crippen LogP contribution in [0.15, 0.2) is 6.08 Å². The average Bonchev–Trinajstić information content (AvgIpc) is 3.05. The molecular formula is C16H22ClN3O5S. The maximum atomic E-state index is 11.9. The Bertz CT molecular complexity index is 831. The molecule has 1 N–H and O–H groups in total. The molecule has 8 nitrogen and oxygen atoms in total. The second-order valence-electron chi connectivity index (χ2n) is 6.10. The first-order valence-electron chi connectivity index (χ1n) is 8.26. The number of aromatic nitrogens is 2. The molecule has 1 saturated heterocycles. The Balaban J connectivity index is 2.09. The average molecular weight is 404 g/mol. The van der Waals surface area contributed by atoms with Crippen molar-refractivity contribution in [3.63, 3.8) is 0 Å². The summed E-state index contributed by atoms with van der Waals surface area (Å²) in [5, 5.41) is 7.13. The topological polar surface area (TPSA) is 107 Å². The van der Waals surface area contributed by atoms with E-state index in [1.54, 1.807) is 13.8 Å². The number of likely N-dealkylation sites (N-methyl/N-ethyl adjacent to an activating group) is 1. The third-order valence-electron chi connectivity index (χ3n) is 4.02. The summed E-state index contributed by atoms with van der Waals surface area (Å²) in [5.41, 5.74) is 1.08. The predicted octanol–water partition coefficient (Wildman–Crippen LogP) is 1.29. The van der Waals surface area contributed by atoms with Crippen LogP contribution in [0.25, 0.3) is 6.08 Å². The van der Waals surface area contributed by atoms with Crippen molar-refractivity contribution < 1.29 is 22.7 Å². The third-order valence-corrected chi connectivity index (χ3v) is 6.15. The third kappa shape index (κ3) is 4.85. The highest BCUT2D eigenvalue weighted by molar-refractivity contribution is 7.91. The molecule has 0 radical (unpaired) electrons. The molecule has 2 heterocycles. The van der Waals surface area contributed by atoms with E-state index in [0.29, 0.717) is 24.2 Å². The lowest BCUT2D eigenvalue weighted by molar-refractivity contribution is -0.150. The molecule has 26 heavy (non-hydrogen) atoms. The lowest BCUT2D eigenvalue weighted by Gasteiger charge is -2.11. The molecule has 1 aromatic rings. The summed E-state index contributed by atoms with van der Waals surface area (Å²) in [6.07, 6.45) is 2.17. The Morgan fingerprint density at radius 3 is 2.77 bits per heavy atom. The van der Waals surface area contributed by atoms with Gasteiger partial charge in [0.15, 0.2) is 15.9 Å². The Labute approximate surface area is 157 Å². The molecule has 0 aromatic carbocycles. The van der Waals surface area contributed by atoms with Crippen molar-refractivity contribution in [1.29, 1.82) is 0 Å². The Morgan fingerprint density at radius 1 is 1.50 bits per heavy atom. The molecule has 144 valence electrons. The largest absolute Gasteiger partial charge is 0.449 e. The molecule has 0 spiro atoms. The van der Waals surface area contributed by atoms with Crippen LogP contribution < -0.4 is 5.32 Å². The van der Waals surface area contributed by atoms with Gasteiger partial charge in [-0.15, -0.1) is 0 Å². The Hall–Kier alpha value is -1.87. The van der Waals surface area contributed by atoms with Gasteiger partial charge in [-0.05, 0) is 33.3 Å². The number of hydrogen-bond acceptors (Lipinski definition) is 6. The summed E-state index contributed by atoms with van der Waals surface area (Å²) in [5.74, 6) is -0.945. The van der Waals surface area contributed by atoms with E-state index in [4.69, 9.17) is 16.3 Å². The summed E-state index contributed by atoms with van der Waals surface area (Å²) < 4.78 is 29.8. The van der Waals surface area contributed by atoms with E-state index in [2.05, 4.69) is 10.4 Å². The van der Waals surface area contributed by atoms with E-state index in [-0.39, 0.29) is 28.6 Å². The van der Waals surface area contributed by atoms with Crippen molar-refractivity contribution in [2.24, 2.45) is 0 Å². The van der Waals surface area contributed by atoms with Crippen LogP contribution in [-0.2, 0) is 24.2 Å². The van der Waals surface area contributed by atoms with E-state index >= 15 is 0 Å². The molecule has 1 aliphatic heterocycles. The van der Waals surface area contributed by atoms with Crippen LogP contribution in [0.1, 0.15) is 37.6 Å². The van der Waals surface area contributed by atoms with E-state index in [1.165, 1.54) is 23.8 Å². The number of amides is 1. The number of carbonyl (C=O) groups excluding carboxylic acids is 2. The fourth-order valence-corrected chi connectivity index (χ4v) is 4.74. The van der Waals surface area contributed by atoms with Crippen LogP contribution in [-0.4, -0.2) is 54.2 Å². The molecule has 1 fully saturated rings. The first-order valence-corrected chi connectivity index (χ1v) is 10.5. The lowest BCUT2D eigenvalue weighted by atomic mass is 10.2. The number of carbonyl (C=O) groups is 2. The van der Waals surface area contributed by atoms with Crippen molar-refractivity contribution >= 4 is 39.4 Å². The predicted molar refractivity (Wildman–Crippen MR) is 97.6 cm³/mol. The van der Waals surface area contributed by atoms with Crippen molar-refractivity contribution in [1.82, 2.24) is 15.1 Å². The highest BCUT2D eigenvalue weighted by Crippen LogP contribution is 2.30. The van der Waals surface area contributed by atoms with Crippen molar-refractivity contribution in [3.8, 4) is 0 Å². The van der Waals surface area contributed by atoms with E-state index < -0.39 is 21.9 Å². The minimum atomic E-state index is -3.07. The second-order valence-corrected chi connectivity index (χ2v) is 8.69. The van der Waals surface area contributed by atoms with E-state index in [0.717, 1.165) is 0 Å². The fraction of sp³-hybridized carbons (Fsp3) is 0.562. The number of rotatable bonds is 6. The van der Waals surface area contributed by atoms with Gasteiger partial charge in [0.1, 0.15) is 5.15 Å². The number of sulfone groups is 1. The minimum absolute atomic E-state index is 0.00307. The van der Waals surface area contributed by atoms with Gasteiger partial charge in [-0.1, -0.05) is 11.6 Å². The monoisotopic (exact) mass is 403 g/mol. The van der Waals surface area contributed by atoms with Crippen LogP contribution in [0.3, 0.4) is 0 Å². The SMILES string of the molecule is CCNC(=O)[C@H](C)OC(=O)/C=C/c1c(C)nn([C@@H]2CCS(=O)(=O)C2)c1Cl. The van der Waals surface area contributed by atoms with Gasteiger partial charge in [0.05, 0.1) is 23.2 Å². The fourth-order valence-electron chi connectivity index (χ4n) is 2.67. The molecule has 2 rings (SSSR count). The zero-order chi connectivity index (χ0) is 19.5. The molecule has 1 amide bonds. The summed E-state index contributed by atoms with van der Waals surface area (Å²) in [7, 11) is -3.07. The van der Waals surface area contributed by atoms with Gasteiger partial charge in [0, 0.05) is 18.2 Å². The summed E-state index contributed by atoms with van der Waals surface area (Å²) in [6.45, 7) is 5.41. The van der Waals surface area contributed by atoms with E-state index in [9.17, 15) is 18.0 Å². The Kier molecular flexibility index (Phi) is 6.46. The summed E-state index contributed by atoms with van der Waals surface area (Å²) in [4.78, 5) is 23.4. The van der Waals surface area contributed by atoms with Gasteiger partial charge < -0.3 is 10.1 Å². The van der Waals surface area contributed by atoms with Crippen molar-refractivity contribution in [3.05, 3.63) is 22.5 Å². The van der Waals surface area contributed by atoms with Crippen LogP contribution in [0, 0.1) is 6.92 Å². The van der Waals surface area contributed by atoms with Gasteiger partial charge in [0.2, 0.25) is 0 Å². The minimum Gasteiger partial charge on any atom is -0.449 e. The van der Waals surface area contributed by atoms with Gasteiger partial charge in [-0.2, -0.15) is 5.10 Å². The first kappa shape index (κ1) is 20.4. The van der Waals surface area contributed by atoms with Crippen molar-refractivity contribution in [2.45, 2.75) is 39.3 Å². The second kappa shape index (κ2) is 8.22. The molecule has 2 atom stereocenters. The highest BCUT2D eigenvalue weighted by atomic mass is 35.5. The lowest BCUT2D eigenvalue weighted by Crippen LogP contribution is -2.35. The molecule has 1 aromatic heterocycles. The zero-order valence-electron chi connectivity index (χ0n) is 14.9. The number of hydrogen-bond donors (Lipinski definition) is 1. The number of nitrogens with one attached hydrogen (secondary N) is 1. The van der Waals surface area contributed by atoms with Crippen LogP contribution in [0.4, 0.5) is 0 Å². The number of aryl methyl sites for hydroxylation is 1. The van der Waals surface area contributed by atoms with Crippen molar-refractivity contribution in [2.75, 3.05) is 18.1 Å².